The van der Waals surface area contributed by atoms with Crippen molar-refractivity contribution in [1.29, 1.82) is 0 Å². The molecule has 0 aliphatic heterocycles. The van der Waals surface area contributed by atoms with Gasteiger partial charge >= 0.3 is 0 Å². The fourth-order valence-corrected chi connectivity index (χ4v) is 1.88. The van der Waals surface area contributed by atoms with Crippen molar-refractivity contribution in [2.45, 2.75) is 51.5 Å². The summed E-state index contributed by atoms with van der Waals surface area (Å²) < 4.78 is 0. The lowest BCUT2D eigenvalue weighted by Crippen LogP contribution is -2.32. The number of benzene rings is 1. The Kier molecular flexibility index (Phi) is 4.83. The van der Waals surface area contributed by atoms with Gasteiger partial charge in [-0.25, -0.2) is 0 Å². The smallest absolute Gasteiger partial charge is 0.0381 e. The van der Waals surface area contributed by atoms with Gasteiger partial charge in [0.25, 0.3) is 0 Å². The molecule has 0 saturated carbocycles. The molecule has 0 amide bonds. The number of hydrogen-bond donors (Lipinski definition) is 1. The summed E-state index contributed by atoms with van der Waals surface area (Å²) in [5, 5.41) is 0. The topological polar surface area (TPSA) is 26.0 Å². The van der Waals surface area contributed by atoms with Crippen molar-refractivity contribution in [3.63, 3.8) is 0 Å². The fourth-order valence-electron chi connectivity index (χ4n) is 1.88. The zero-order valence-electron chi connectivity index (χ0n) is 10.00. The molecule has 0 radical (unpaired) electrons. The van der Waals surface area contributed by atoms with Gasteiger partial charge in [0.2, 0.25) is 0 Å². The molecule has 15 heavy (non-hydrogen) atoms. The van der Waals surface area contributed by atoms with E-state index >= 15 is 0 Å². The van der Waals surface area contributed by atoms with Gasteiger partial charge < -0.3 is 5.73 Å². The standard InChI is InChI=1S/C14H23N/c1-3-4-5-9-12-14(2,15)13-10-7-6-8-11-13/h6-8,10-11H,3-5,9,12,15H2,1-2H3. The lowest BCUT2D eigenvalue weighted by atomic mass is 9.88. The molecule has 0 spiro atoms. The molecular formula is C14H23N. The second-order valence-electron chi connectivity index (χ2n) is 4.59. The van der Waals surface area contributed by atoms with Crippen LogP contribution in [0.25, 0.3) is 0 Å². The van der Waals surface area contributed by atoms with Gasteiger partial charge in [-0.05, 0) is 18.9 Å². The van der Waals surface area contributed by atoms with Gasteiger partial charge in [-0.1, -0.05) is 62.9 Å². The second-order valence-corrected chi connectivity index (χ2v) is 4.59. The van der Waals surface area contributed by atoms with Gasteiger partial charge in [-0.3, -0.25) is 0 Å². The molecule has 1 unspecified atom stereocenters. The Hall–Kier alpha value is -0.820. The highest BCUT2D eigenvalue weighted by molar-refractivity contribution is 5.22. The molecule has 0 heterocycles. The molecule has 0 aliphatic rings. The molecule has 0 bridgehead atoms. The highest BCUT2D eigenvalue weighted by atomic mass is 14.7. The summed E-state index contributed by atoms with van der Waals surface area (Å²) in [7, 11) is 0. The van der Waals surface area contributed by atoms with Crippen LogP contribution >= 0.6 is 0 Å². The van der Waals surface area contributed by atoms with Crippen molar-refractivity contribution in [3.05, 3.63) is 35.9 Å². The van der Waals surface area contributed by atoms with E-state index in [2.05, 4.69) is 38.1 Å². The van der Waals surface area contributed by atoms with Gasteiger partial charge in [0.1, 0.15) is 0 Å². The second kappa shape index (κ2) is 5.92. The molecule has 1 rings (SSSR count). The summed E-state index contributed by atoms with van der Waals surface area (Å²) in [6.45, 7) is 4.37. The Morgan fingerprint density at radius 3 is 2.33 bits per heavy atom. The van der Waals surface area contributed by atoms with Crippen molar-refractivity contribution in [1.82, 2.24) is 0 Å². The zero-order valence-corrected chi connectivity index (χ0v) is 10.00. The van der Waals surface area contributed by atoms with Crippen LogP contribution in [-0.2, 0) is 5.54 Å². The molecule has 1 heteroatoms. The molecule has 0 aromatic heterocycles. The van der Waals surface area contributed by atoms with Crippen LogP contribution in [-0.4, -0.2) is 0 Å². The van der Waals surface area contributed by atoms with E-state index in [0.29, 0.717) is 0 Å². The van der Waals surface area contributed by atoms with E-state index in [1.54, 1.807) is 0 Å². The quantitative estimate of drug-likeness (QED) is 0.702. The van der Waals surface area contributed by atoms with Crippen molar-refractivity contribution >= 4 is 0 Å². The average molecular weight is 205 g/mol. The molecule has 1 atom stereocenters. The summed E-state index contributed by atoms with van der Waals surface area (Å²) >= 11 is 0. The Balaban J connectivity index is 2.45. The SMILES string of the molecule is CCCCCCC(C)(N)c1ccccc1. The summed E-state index contributed by atoms with van der Waals surface area (Å²) in [4.78, 5) is 0. The number of unbranched alkanes of at least 4 members (excludes halogenated alkanes) is 3. The molecule has 0 saturated heterocycles. The van der Waals surface area contributed by atoms with E-state index in [0.717, 1.165) is 6.42 Å². The Morgan fingerprint density at radius 2 is 1.73 bits per heavy atom. The Bertz CT molecular complexity index is 264. The lowest BCUT2D eigenvalue weighted by Gasteiger charge is -2.25. The lowest BCUT2D eigenvalue weighted by molar-refractivity contribution is 0.424. The van der Waals surface area contributed by atoms with E-state index in [-0.39, 0.29) is 5.54 Å². The summed E-state index contributed by atoms with van der Waals surface area (Å²) in [5.74, 6) is 0. The maximum Gasteiger partial charge on any atom is 0.0381 e. The predicted molar refractivity (Wildman–Crippen MR) is 66.7 cm³/mol. The first kappa shape index (κ1) is 12.3. The molecule has 2 N–H and O–H groups in total. The van der Waals surface area contributed by atoms with Crippen LogP contribution in [0.15, 0.2) is 30.3 Å². The van der Waals surface area contributed by atoms with E-state index in [4.69, 9.17) is 5.73 Å². The van der Waals surface area contributed by atoms with E-state index in [9.17, 15) is 0 Å². The summed E-state index contributed by atoms with van der Waals surface area (Å²) in [6.07, 6.45) is 6.22. The molecular weight excluding hydrogens is 182 g/mol. The highest BCUT2D eigenvalue weighted by Gasteiger charge is 2.19. The van der Waals surface area contributed by atoms with Crippen LogP contribution in [0.3, 0.4) is 0 Å². The van der Waals surface area contributed by atoms with Gasteiger partial charge in [0.05, 0.1) is 0 Å². The Labute approximate surface area is 93.7 Å². The van der Waals surface area contributed by atoms with Crippen LogP contribution in [0.4, 0.5) is 0 Å². The zero-order chi connectivity index (χ0) is 11.1. The highest BCUT2D eigenvalue weighted by Crippen LogP contribution is 2.23. The third kappa shape index (κ3) is 4.05. The van der Waals surface area contributed by atoms with Crippen molar-refractivity contribution in [2.75, 3.05) is 0 Å². The van der Waals surface area contributed by atoms with Crippen LogP contribution < -0.4 is 5.73 Å². The Morgan fingerprint density at radius 1 is 1.07 bits per heavy atom. The van der Waals surface area contributed by atoms with E-state index < -0.39 is 0 Å². The van der Waals surface area contributed by atoms with Gasteiger partial charge in [-0.2, -0.15) is 0 Å². The van der Waals surface area contributed by atoms with Crippen LogP contribution in [0.2, 0.25) is 0 Å². The summed E-state index contributed by atoms with van der Waals surface area (Å²) in [6, 6.07) is 10.4. The average Bonchev–Trinajstić information content (AvgIpc) is 2.26. The fraction of sp³-hybridized carbons (Fsp3) is 0.571. The minimum absolute atomic E-state index is 0.158. The molecule has 84 valence electrons. The minimum atomic E-state index is -0.158. The van der Waals surface area contributed by atoms with Gasteiger partial charge in [-0.15, -0.1) is 0 Å². The third-order valence-corrected chi connectivity index (χ3v) is 2.98. The van der Waals surface area contributed by atoms with Crippen LogP contribution in [0.5, 0.6) is 0 Å². The van der Waals surface area contributed by atoms with Gasteiger partial charge in [0.15, 0.2) is 0 Å². The molecule has 1 aromatic rings. The maximum atomic E-state index is 6.32. The predicted octanol–water partition coefficient (Wildman–Crippen LogP) is 3.83. The monoisotopic (exact) mass is 205 g/mol. The largest absolute Gasteiger partial charge is 0.322 e. The first-order valence-electron chi connectivity index (χ1n) is 6.01. The van der Waals surface area contributed by atoms with E-state index in [1.165, 1.54) is 31.2 Å². The molecule has 1 aromatic carbocycles. The molecule has 0 fully saturated rings. The minimum Gasteiger partial charge on any atom is -0.322 e. The van der Waals surface area contributed by atoms with Crippen molar-refractivity contribution in [2.24, 2.45) is 5.73 Å². The van der Waals surface area contributed by atoms with Crippen LogP contribution in [0.1, 0.15) is 51.5 Å². The maximum absolute atomic E-state index is 6.32. The first-order chi connectivity index (χ1) is 7.17. The van der Waals surface area contributed by atoms with E-state index in [1.807, 2.05) is 6.07 Å². The third-order valence-electron chi connectivity index (χ3n) is 2.98. The first-order valence-corrected chi connectivity index (χ1v) is 6.01. The molecule has 1 nitrogen and oxygen atoms in total. The van der Waals surface area contributed by atoms with Crippen molar-refractivity contribution < 1.29 is 0 Å². The molecule has 0 aliphatic carbocycles. The number of hydrogen-bond acceptors (Lipinski definition) is 1. The summed E-state index contributed by atoms with van der Waals surface area (Å²) in [5.41, 5.74) is 7.41. The van der Waals surface area contributed by atoms with Crippen LogP contribution in [0, 0.1) is 0 Å². The number of rotatable bonds is 6. The van der Waals surface area contributed by atoms with Crippen molar-refractivity contribution in [3.8, 4) is 0 Å². The normalized spacial score (nSPS) is 14.9. The number of nitrogens with two attached hydrogens (primary N) is 1. The van der Waals surface area contributed by atoms with Gasteiger partial charge in [0, 0.05) is 5.54 Å².